The van der Waals surface area contributed by atoms with Gasteiger partial charge in [-0.2, -0.15) is 0 Å². The summed E-state index contributed by atoms with van der Waals surface area (Å²) in [5.41, 5.74) is 4.85. The summed E-state index contributed by atoms with van der Waals surface area (Å²) in [7, 11) is 1.52. The zero-order valence-electron chi connectivity index (χ0n) is 8.41. The molecule has 0 aromatic carbocycles. The van der Waals surface area contributed by atoms with Gasteiger partial charge >= 0.3 is 5.97 Å². The molecule has 14 heavy (non-hydrogen) atoms. The summed E-state index contributed by atoms with van der Waals surface area (Å²) in [6.45, 7) is 2.00. The first kappa shape index (κ1) is 12.9. The third kappa shape index (κ3) is 7.51. The van der Waals surface area contributed by atoms with Crippen molar-refractivity contribution in [1.82, 2.24) is 5.32 Å². The Morgan fingerprint density at radius 3 is 2.57 bits per heavy atom. The molecule has 6 nitrogen and oxygen atoms in total. The molecule has 0 aromatic rings. The molecule has 6 heteroatoms. The van der Waals surface area contributed by atoms with Crippen LogP contribution >= 0.6 is 0 Å². The van der Waals surface area contributed by atoms with Crippen LogP contribution in [0.2, 0.25) is 0 Å². The molecule has 82 valence electrons. The van der Waals surface area contributed by atoms with Crippen LogP contribution in [0.4, 0.5) is 0 Å². The maximum Gasteiger partial charge on any atom is 0.320 e. The predicted octanol–water partition coefficient (Wildman–Crippen LogP) is -1.36. The molecule has 0 aliphatic heterocycles. The summed E-state index contributed by atoms with van der Waals surface area (Å²) < 4.78 is 9.67. The molecule has 0 aliphatic rings. The largest absolute Gasteiger partial charge is 0.459 e. The fourth-order valence-electron chi connectivity index (χ4n) is 0.823. The maximum atomic E-state index is 11.0. The second kappa shape index (κ2) is 7.28. The lowest BCUT2D eigenvalue weighted by molar-refractivity contribution is -0.149. The monoisotopic (exact) mass is 204 g/mol. The van der Waals surface area contributed by atoms with E-state index < -0.39 is 11.9 Å². The number of nitrogens with two attached hydrogens (primary N) is 1. The highest BCUT2D eigenvalue weighted by Gasteiger charge is 2.08. The Balaban J connectivity index is 3.50. The van der Waals surface area contributed by atoms with Crippen LogP contribution in [0.25, 0.3) is 0 Å². The minimum Gasteiger partial charge on any atom is -0.459 e. The van der Waals surface area contributed by atoms with Gasteiger partial charge in [-0.3, -0.25) is 14.9 Å². The van der Waals surface area contributed by atoms with Crippen molar-refractivity contribution < 1.29 is 19.1 Å². The lowest BCUT2D eigenvalue weighted by atomic mass is 10.4. The molecule has 1 amide bonds. The van der Waals surface area contributed by atoms with Crippen LogP contribution in [0.15, 0.2) is 0 Å². The van der Waals surface area contributed by atoms with E-state index in [4.69, 9.17) is 15.2 Å². The number of rotatable bonds is 7. The zero-order chi connectivity index (χ0) is 11.0. The van der Waals surface area contributed by atoms with Crippen molar-refractivity contribution in [3.63, 3.8) is 0 Å². The number of ether oxygens (including phenoxy) is 2. The third-order valence-electron chi connectivity index (χ3n) is 1.30. The van der Waals surface area contributed by atoms with Crippen molar-refractivity contribution in [2.45, 2.75) is 13.0 Å². The van der Waals surface area contributed by atoms with Gasteiger partial charge in [0.1, 0.15) is 6.10 Å². The Kier molecular flexibility index (Phi) is 6.69. The van der Waals surface area contributed by atoms with Crippen LogP contribution in [-0.4, -0.2) is 44.8 Å². The van der Waals surface area contributed by atoms with Crippen LogP contribution in [0.3, 0.4) is 0 Å². The molecule has 0 aliphatic carbocycles. The molecule has 0 saturated carbocycles. The van der Waals surface area contributed by atoms with E-state index in [0.717, 1.165) is 0 Å². The smallest absolute Gasteiger partial charge is 0.320 e. The normalized spacial score (nSPS) is 12.1. The molecule has 1 atom stereocenters. The van der Waals surface area contributed by atoms with Crippen molar-refractivity contribution in [3.8, 4) is 0 Å². The van der Waals surface area contributed by atoms with Gasteiger partial charge in [0.25, 0.3) is 0 Å². The van der Waals surface area contributed by atoms with Crippen LogP contribution in [0.1, 0.15) is 6.92 Å². The molecule has 0 saturated heterocycles. The quantitative estimate of drug-likeness (QED) is 0.500. The lowest BCUT2D eigenvalue weighted by Gasteiger charge is -2.11. The standard InChI is InChI=1S/C8H16N2O4/c1-6(5-13-2)14-8(12)4-10-3-7(9)11/h6,10H,3-5H2,1-2H3,(H2,9,11). The van der Waals surface area contributed by atoms with E-state index in [2.05, 4.69) is 5.32 Å². The van der Waals surface area contributed by atoms with E-state index in [9.17, 15) is 9.59 Å². The minimum absolute atomic E-state index is 0.0308. The number of hydrogen-bond acceptors (Lipinski definition) is 5. The molecule has 3 N–H and O–H groups in total. The Bertz CT molecular complexity index is 196. The van der Waals surface area contributed by atoms with Crippen molar-refractivity contribution in [1.29, 1.82) is 0 Å². The van der Waals surface area contributed by atoms with E-state index in [1.54, 1.807) is 6.92 Å². The lowest BCUT2D eigenvalue weighted by Crippen LogP contribution is -2.34. The first-order chi connectivity index (χ1) is 6.56. The molecule has 0 aromatic heterocycles. The van der Waals surface area contributed by atoms with Gasteiger partial charge < -0.3 is 15.2 Å². The number of amides is 1. The van der Waals surface area contributed by atoms with Gasteiger partial charge in [0, 0.05) is 7.11 Å². The zero-order valence-corrected chi connectivity index (χ0v) is 8.41. The Morgan fingerprint density at radius 1 is 1.43 bits per heavy atom. The van der Waals surface area contributed by atoms with Gasteiger partial charge in [0.15, 0.2) is 0 Å². The van der Waals surface area contributed by atoms with Gasteiger partial charge in [-0.05, 0) is 6.92 Å². The predicted molar refractivity (Wildman–Crippen MR) is 49.5 cm³/mol. The number of hydrogen-bond donors (Lipinski definition) is 2. The number of primary amides is 1. The summed E-state index contributed by atoms with van der Waals surface area (Å²) in [5, 5.41) is 2.54. The first-order valence-corrected chi connectivity index (χ1v) is 4.23. The van der Waals surface area contributed by atoms with Gasteiger partial charge in [0.05, 0.1) is 19.7 Å². The van der Waals surface area contributed by atoms with Crippen molar-refractivity contribution in [3.05, 3.63) is 0 Å². The van der Waals surface area contributed by atoms with Crippen molar-refractivity contribution in [2.75, 3.05) is 26.8 Å². The number of methoxy groups -OCH3 is 1. The van der Waals surface area contributed by atoms with Crippen molar-refractivity contribution in [2.24, 2.45) is 5.73 Å². The van der Waals surface area contributed by atoms with E-state index in [1.165, 1.54) is 7.11 Å². The van der Waals surface area contributed by atoms with Crippen LogP contribution < -0.4 is 11.1 Å². The third-order valence-corrected chi connectivity index (χ3v) is 1.30. The fraction of sp³-hybridized carbons (Fsp3) is 0.750. The Morgan fingerprint density at radius 2 is 2.07 bits per heavy atom. The van der Waals surface area contributed by atoms with Gasteiger partial charge in [-0.15, -0.1) is 0 Å². The summed E-state index contributed by atoms with van der Waals surface area (Å²) in [6.07, 6.45) is -0.289. The van der Waals surface area contributed by atoms with Crippen LogP contribution in [0, 0.1) is 0 Å². The van der Waals surface area contributed by atoms with Gasteiger partial charge in [-0.1, -0.05) is 0 Å². The van der Waals surface area contributed by atoms with Crippen LogP contribution in [-0.2, 0) is 19.1 Å². The number of esters is 1. The number of carbonyl (C=O) groups is 2. The molecule has 1 unspecified atom stereocenters. The van der Waals surface area contributed by atoms with E-state index in [-0.39, 0.29) is 19.2 Å². The molecule has 0 rings (SSSR count). The average molecular weight is 204 g/mol. The van der Waals surface area contributed by atoms with E-state index in [0.29, 0.717) is 6.61 Å². The second-order valence-electron chi connectivity index (χ2n) is 2.83. The number of carbonyl (C=O) groups excluding carboxylic acids is 2. The minimum atomic E-state index is -0.511. The maximum absolute atomic E-state index is 11.0. The Hall–Kier alpha value is -1.14. The summed E-state index contributed by atoms with van der Waals surface area (Å²) in [4.78, 5) is 21.3. The SMILES string of the molecule is COCC(C)OC(=O)CNCC(N)=O. The van der Waals surface area contributed by atoms with Gasteiger partial charge in [-0.25, -0.2) is 0 Å². The molecular formula is C8H16N2O4. The molecule has 0 fully saturated rings. The fourth-order valence-corrected chi connectivity index (χ4v) is 0.823. The average Bonchev–Trinajstić information content (AvgIpc) is 2.03. The number of nitrogens with one attached hydrogen (secondary N) is 1. The van der Waals surface area contributed by atoms with Gasteiger partial charge in [0.2, 0.25) is 5.91 Å². The highest BCUT2D eigenvalue weighted by Crippen LogP contribution is 1.90. The summed E-state index contributed by atoms with van der Waals surface area (Å²) in [5.74, 6) is -0.946. The first-order valence-electron chi connectivity index (χ1n) is 4.23. The summed E-state index contributed by atoms with van der Waals surface area (Å²) >= 11 is 0. The molecule has 0 radical (unpaired) electrons. The highest BCUT2D eigenvalue weighted by atomic mass is 16.6. The second-order valence-corrected chi connectivity index (χ2v) is 2.83. The van der Waals surface area contributed by atoms with E-state index in [1.807, 2.05) is 0 Å². The topological polar surface area (TPSA) is 90.7 Å². The van der Waals surface area contributed by atoms with Crippen molar-refractivity contribution >= 4 is 11.9 Å². The molecular weight excluding hydrogens is 188 g/mol. The molecule has 0 heterocycles. The Labute approximate surface area is 82.7 Å². The molecule has 0 bridgehead atoms. The van der Waals surface area contributed by atoms with Crippen LogP contribution in [0.5, 0.6) is 0 Å². The molecule has 0 spiro atoms. The van der Waals surface area contributed by atoms with E-state index >= 15 is 0 Å². The highest BCUT2D eigenvalue weighted by molar-refractivity contribution is 5.77. The summed E-state index contributed by atoms with van der Waals surface area (Å²) in [6, 6.07) is 0.